The zero-order valence-corrected chi connectivity index (χ0v) is 10.8. The highest BCUT2D eigenvalue weighted by atomic mass is 32.2. The summed E-state index contributed by atoms with van der Waals surface area (Å²) in [6.45, 7) is 1.97. The van der Waals surface area contributed by atoms with Gasteiger partial charge in [0.05, 0.1) is 16.6 Å². The van der Waals surface area contributed by atoms with Crippen molar-refractivity contribution in [2.45, 2.75) is 16.7 Å². The van der Waals surface area contributed by atoms with Gasteiger partial charge in [0.25, 0.3) is 0 Å². The third-order valence-electron chi connectivity index (χ3n) is 2.98. The molecular formula is C15H13NOS. The first-order chi connectivity index (χ1) is 8.77. The van der Waals surface area contributed by atoms with Crippen LogP contribution in [0.4, 0.5) is 0 Å². The van der Waals surface area contributed by atoms with Crippen LogP contribution in [0.15, 0.2) is 64.4 Å². The van der Waals surface area contributed by atoms with Crippen LogP contribution in [0.3, 0.4) is 0 Å². The summed E-state index contributed by atoms with van der Waals surface area (Å²) in [5.41, 5.74) is 2.01. The van der Waals surface area contributed by atoms with Crippen LogP contribution in [0.25, 0.3) is 10.9 Å². The van der Waals surface area contributed by atoms with E-state index in [1.54, 1.807) is 0 Å². The number of hydrogen-bond donors (Lipinski definition) is 1. The molecule has 0 aliphatic carbocycles. The molecule has 2 nitrogen and oxygen atoms in total. The Morgan fingerprint density at radius 2 is 1.61 bits per heavy atom. The van der Waals surface area contributed by atoms with E-state index in [-0.39, 0.29) is 0 Å². The predicted molar refractivity (Wildman–Crippen MR) is 74.2 cm³/mol. The van der Waals surface area contributed by atoms with Gasteiger partial charge in [-0.25, -0.2) is 0 Å². The van der Waals surface area contributed by atoms with Gasteiger partial charge in [-0.15, -0.1) is 0 Å². The Bertz CT molecular complexity index is 675. The number of nitrogens with one attached hydrogen (secondary N) is 1. The van der Waals surface area contributed by atoms with Crippen molar-refractivity contribution in [1.82, 2.24) is 4.98 Å². The van der Waals surface area contributed by atoms with Crippen molar-refractivity contribution in [1.29, 1.82) is 0 Å². The van der Waals surface area contributed by atoms with Crippen LogP contribution >= 0.6 is 0 Å². The summed E-state index contributed by atoms with van der Waals surface area (Å²) in [6, 6.07) is 17.5. The van der Waals surface area contributed by atoms with E-state index in [0.29, 0.717) is 0 Å². The molecule has 1 aromatic heterocycles. The minimum Gasteiger partial charge on any atom is -0.606 e. The van der Waals surface area contributed by atoms with Crippen molar-refractivity contribution in [3.8, 4) is 0 Å². The van der Waals surface area contributed by atoms with Crippen molar-refractivity contribution in [3.63, 3.8) is 0 Å². The van der Waals surface area contributed by atoms with Crippen molar-refractivity contribution >= 4 is 22.1 Å². The van der Waals surface area contributed by atoms with Gasteiger partial charge in [0.15, 0.2) is 9.79 Å². The van der Waals surface area contributed by atoms with E-state index >= 15 is 0 Å². The van der Waals surface area contributed by atoms with Crippen LogP contribution in [-0.4, -0.2) is 9.54 Å². The van der Waals surface area contributed by atoms with Gasteiger partial charge in [0.1, 0.15) is 0 Å². The number of H-pyrrole nitrogens is 1. The maximum absolute atomic E-state index is 12.6. The second kappa shape index (κ2) is 4.52. The number of aromatic amines is 1. The summed E-state index contributed by atoms with van der Waals surface area (Å²) in [4.78, 5) is 5.01. The van der Waals surface area contributed by atoms with E-state index in [0.717, 1.165) is 26.4 Å². The molecule has 0 aliphatic heterocycles. The lowest BCUT2D eigenvalue weighted by atomic mass is 10.2. The summed E-state index contributed by atoms with van der Waals surface area (Å²) < 4.78 is 12.6. The molecule has 1 N–H and O–H groups in total. The lowest BCUT2D eigenvalue weighted by molar-refractivity contribution is 0.595. The van der Waals surface area contributed by atoms with Gasteiger partial charge < -0.3 is 9.54 Å². The third kappa shape index (κ3) is 1.82. The number of rotatable bonds is 2. The summed E-state index contributed by atoms with van der Waals surface area (Å²) in [5, 5.41) is 1.04. The van der Waals surface area contributed by atoms with Gasteiger partial charge in [-0.2, -0.15) is 0 Å². The number of para-hydroxylation sites is 1. The maximum Gasteiger partial charge on any atom is 0.186 e. The second-order valence-electron chi connectivity index (χ2n) is 4.21. The molecule has 1 atom stereocenters. The van der Waals surface area contributed by atoms with E-state index in [4.69, 9.17) is 0 Å². The van der Waals surface area contributed by atoms with E-state index in [2.05, 4.69) is 4.98 Å². The quantitative estimate of drug-likeness (QED) is 0.698. The molecular weight excluding hydrogens is 242 g/mol. The molecule has 0 radical (unpaired) electrons. The lowest BCUT2D eigenvalue weighted by Crippen LogP contribution is -2.02. The predicted octanol–water partition coefficient (Wildman–Crippen LogP) is 3.64. The highest BCUT2D eigenvalue weighted by Gasteiger charge is 2.22. The Hall–Kier alpha value is -1.71. The Morgan fingerprint density at radius 1 is 0.944 bits per heavy atom. The van der Waals surface area contributed by atoms with E-state index < -0.39 is 11.2 Å². The first kappa shape index (κ1) is 11.4. The first-order valence-corrected chi connectivity index (χ1v) is 6.96. The minimum atomic E-state index is -1.13. The molecule has 1 heterocycles. The largest absolute Gasteiger partial charge is 0.606 e. The molecule has 0 saturated heterocycles. The third-order valence-corrected chi connectivity index (χ3v) is 4.57. The normalized spacial score (nSPS) is 12.8. The Kier molecular flexibility index (Phi) is 2.86. The number of hydrogen-bond acceptors (Lipinski definition) is 1. The lowest BCUT2D eigenvalue weighted by Gasteiger charge is -2.09. The number of fused-ring (bicyclic) bond motifs is 1. The van der Waals surface area contributed by atoms with Crippen LogP contribution in [0, 0.1) is 6.92 Å². The molecule has 2 aromatic carbocycles. The van der Waals surface area contributed by atoms with Crippen LogP contribution in [-0.2, 0) is 11.2 Å². The molecule has 3 aromatic rings. The average Bonchev–Trinajstić information content (AvgIpc) is 2.75. The van der Waals surface area contributed by atoms with Gasteiger partial charge in [0.2, 0.25) is 0 Å². The zero-order chi connectivity index (χ0) is 12.5. The van der Waals surface area contributed by atoms with Crippen molar-refractivity contribution in [3.05, 3.63) is 60.3 Å². The van der Waals surface area contributed by atoms with Gasteiger partial charge in [-0.05, 0) is 31.2 Å². The molecule has 0 fully saturated rings. The zero-order valence-electron chi connectivity index (χ0n) is 10.0. The number of aromatic nitrogens is 1. The highest BCUT2D eigenvalue weighted by Crippen LogP contribution is 2.30. The summed E-state index contributed by atoms with van der Waals surface area (Å²) >= 11 is -1.13. The monoisotopic (exact) mass is 255 g/mol. The van der Waals surface area contributed by atoms with Crippen molar-refractivity contribution in [2.75, 3.05) is 0 Å². The number of aryl methyl sites for hydroxylation is 1. The van der Waals surface area contributed by atoms with Gasteiger partial charge in [-0.1, -0.05) is 30.3 Å². The molecule has 90 valence electrons. The van der Waals surface area contributed by atoms with Crippen LogP contribution in [0.1, 0.15) is 5.69 Å². The molecule has 18 heavy (non-hydrogen) atoms. The second-order valence-corrected chi connectivity index (χ2v) is 5.62. The standard InChI is InChI=1S/C15H13NOS/c1-11-15(13-9-5-6-10-14(13)16-11)18(17)12-7-3-2-4-8-12/h2-10,16H,1H3. The Morgan fingerprint density at radius 3 is 2.39 bits per heavy atom. The van der Waals surface area contributed by atoms with Crippen LogP contribution in [0.2, 0.25) is 0 Å². The molecule has 3 heteroatoms. The van der Waals surface area contributed by atoms with Gasteiger partial charge in [-0.3, -0.25) is 0 Å². The van der Waals surface area contributed by atoms with E-state index in [9.17, 15) is 4.55 Å². The average molecular weight is 255 g/mol. The molecule has 0 bridgehead atoms. The Balaban J connectivity index is 2.17. The molecule has 0 spiro atoms. The fourth-order valence-corrected chi connectivity index (χ4v) is 3.50. The maximum atomic E-state index is 12.6. The topological polar surface area (TPSA) is 38.8 Å². The smallest absolute Gasteiger partial charge is 0.186 e. The molecule has 1 unspecified atom stereocenters. The first-order valence-electron chi connectivity index (χ1n) is 5.81. The minimum absolute atomic E-state index is 0.838. The van der Waals surface area contributed by atoms with Gasteiger partial charge in [0, 0.05) is 11.2 Å². The SMILES string of the molecule is Cc1[nH]c2ccccc2c1[S+]([O-])c1ccccc1. The fourth-order valence-electron chi connectivity index (χ4n) is 2.15. The summed E-state index contributed by atoms with van der Waals surface area (Å²) in [5.74, 6) is 0. The molecule has 0 saturated carbocycles. The highest BCUT2D eigenvalue weighted by molar-refractivity contribution is 7.91. The fraction of sp³-hybridized carbons (Fsp3) is 0.0667. The van der Waals surface area contributed by atoms with Crippen LogP contribution in [0.5, 0.6) is 0 Å². The van der Waals surface area contributed by atoms with E-state index in [1.807, 2.05) is 61.5 Å². The molecule has 3 rings (SSSR count). The van der Waals surface area contributed by atoms with Crippen LogP contribution < -0.4 is 0 Å². The summed E-state index contributed by atoms with van der Waals surface area (Å²) in [7, 11) is 0. The Labute approximate surface area is 109 Å². The molecule has 0 aliphatic rings. The van der Waals surface area contributed by atoms with Crippen molar-refractivity contribution in [2.24, 2.45) is 0 Å². The summed E-state index contributed by atoms with van der Waals surface area (Å²) in [6.07, 6.45) is 0. The number of benzene rings is 2. The molecule has 0 amide bonds. The van der Waals surface area contributed by atoms with E-state index in [1.165, 1.54) is 0 Å². The van der Waals surface area contributed by atoms with Crippen molar-refractivity contribution < 1.29 is 4.55 Å². The van der Waals surface area contributed by atoms with Gasteiger partial charge >= 0.3 is 0 Å².